The molecule has 17 nitrogen and oxygen atoms in total. The van der Waals surface area contributed by atoms with Gasteiger partial charge < -0.3 is 48.5 Å². The van der Waals surface area contributed by atoms with Gasteiger partial charge in [-0.1, -0.05) is 6.92 Å². The van der Waals surface area contributed by atoms with E-state index in [1.807, 2.05) is 0 Å². The monoisotopic (exact) mass is 622 g/mol. The number of esters is 2. The second kappa shape index (κ2) is 15.0. The lowest BCUT2D eigenvalue weighted by molar-refractivity contribution is -0.237. The number of H-pyrrole nitrogens is 1. The zero-order chi connectivity index (χ0) is 32.0. The summed E-state index contributed by atoms with van der Waals surface area (Å²) in [6.07, 6.45) is -12.3. The molecular weight excluding hydrogens is 587 g/mol. The molecule has 0 radical (unpaired) electrons. The fraction of sp³-hybridized carbons (Fsp3) is 0.720. The summed E-state index contributed by atoms with van der Waals surface area (Å²) < 4.78 is 50.7. The van der Waals surface area contributed by atoms with Gasteiger partial charge in [0.2, 0.25) is 5.82 Å². The van der Waals surface area contributed by atoms with Crippen LogP contribution in [0.3, 0.4) is 0 Å². The molecule has 0 aromatic carbocycles. The van der Waals surface area contributed by atoms with Crippen LogP contribution in [0.4, 0.5) is 9.18 Å². The van der Waals surface area contributed by atoms with Crippen molar-refractivity contribution in [2.75, 3.05) is 41.2 Å². The van der Waals surface area contributed by atoms with E-state index in [1.165, 1.54) is 7.11 Å². The Kier molecular flexibility index (Phi) is 11.9. The number of aliphatic hydroxyl groups excluding tert-OH is 3. The Morgan fingerprint density at radius 2 is 1.51 bits per heavy atom. The molecule has 43 heavy (non-hydrogen) atoms. The van der Waals surface area contributed by atoms with Crippen LogP contribution in [0.25, 0.3) is 0 Å². The Balaban J connectivity index is 1.81. The van der Waals surface area contributed by atoms with Gasteiger partial charge in [0.25, 0.3) is 5.56 Å². The molecule has 3 heterocycles. The molecule has 4 N–H and O–H groups in total. The third-order valence-corrected chi connectivity index (χ3v) is 7.33. The molecule has 0 amide bonds. The summed E-state index contributed by atoms with van der Waals surface area (Å²) >= 11 is 0. The number of nitrogens with one attached hydrogen (secondary N) is 1. The zero-order valence-electron chi connectivity index (χ0n) is 23.7. The standard InChI is InChI=1S/C25H35FN2O15/c1-5-10-15(29)17(31)13(41-18(10)22(33)38-3)9-40-7-11-16(30)20(14(8-37-2)42-19(11)23(34)39-4)43-25(36)28-6-12(26)21(32)27-24(28)35/h6,10-11,13-20,29-31H,5,7-9H2,1-4H3,(H,27,32,35)/t10-,11+,13+,14-,15+,16+,17?,18?,19?,20?/m1/s1. The van der Waals surface area contributed by atoms with Crippen molar-refractivity contribution in [2.24, 2.45) is 11.8 Å². The lowest BCUT2D eigenvalue weighted by Gasteiger charge is -2.43. The largest absolute Gasteiger partial charge is 0.467 e. The summed E-state index contributed by atoms with van der Waals surface area (Å²) in [7, 11) is 3.46. The van der Waals surface area contributed by atoms with Crippen LogP contribution < -0.4 is 11.2 Å². The van der Waals surface area contributed by atoms with Gasteiger partial charge in [-0.15, -0.1) is 0 Å². The van der Waals surface area contributed by atoms with Gasteiger partial charge in [0.15, 0.2) is 18.3 Å². The van der Waals surface area contributed by atoms with E-state index >= 15 is 0 Å². The number of hydrogen-bond acceptors (Lipinski definition) is 15. The summed E-state index contributed by atoms with van der Waals surface area (Å²) in [5.74, 6) is -5.21. The van der Waals surface area contributed by atoms with Crippen LogP contribution in [-0.4, -0.2) is 133 Å². The van der Waals surface area contributed by atoms with Crippen molar-refractivity contribution in [1.82, 2.24) is 9.55 Å². The van der Waals surface area contributed by atoms with Gasteiger partial charge >= 0.3 is 23.7 Å². The van der Waals surface area contributed by atoms with Crippen molar-refractivity contribution in [2.45, 2.75) is 62.2 Å². The van der Waals surface area contributed by atoms with Crippen LogP contribution in [0.5, 0.6) is 0 Å². The fourth-order valence-electron chi connectivity index (χ4n) is 5.02. The number of halogens is 1. The zero-order valence-corrected chi connectivity index (χ0v) is 23.7. The van der Waals surface area contributed by atoms with Crippen molar-refractivity contribution >= 4 is 18.0 Å². The van der Waals surface area contributed by atoms with Gasteiger partial charge in [-0.25, -0.2) is 23.7 Å². The van der Waals surface area contributed by atoms with E-state index in [0.717, 1.165) is 14.2 Å². The first-order valence-corrected chi connectivity index (χ1v) is 13.2. The third kappa shape index (κ3) is 7.46. The summed E-state index contributed by atoms with van der Waals surface area (Å²) in [6.45, 7) is 0.443. The van der Waals surface area contributed by atoms with E-state index in [0.29, 0.717) is 12.6 Å². The van der Waals surface area contributed by atoms with E-state index in [2.05, 4.69) is 0 Å². The molecule has 1 aromatic rings. The second-order valence-corrected chi connectivity index (χ2v) is 9.89. The van der Waals surface area contributed by atoms with Crippen molar-refractivity contribution in [3.05, 3.63) is 32.9 Å². The van der Waals surface area contributed by atoms with Crippen molar-refractivity contribution in [1.29, 1.82) is 0 Å². The van der Waals surface area contributed by atoms with Crippen molar-refractivity contribution in [3.8, 4) is 0 Å². The number of rotatable bonds is 10. The van der Waals surface area contributed by atoms with Gasteiger partial charge in [-0.2, -0.15) is 4.39 Å². The Hall–Kier alpha value is -3.26. The molecule has 2 aliphatic rings. The van der Waals surface area contributed by atoms with Gasteiger partial charge in [0, 0.05) is 18.9 Å². The number of aromatic nitrogens is 2. The van der Waals surface area contributed by atoms with Crippen LogP contribution in [0.2, 0.25) is 0 Å². The first kappa shape index (κ1) is 34.2. The molecule has 2 aliphatic heterocycles. The van der Waals surface area contributed by atoms with Crippen LogP contribution in [0.1, 0.15) is 13.3 Å². The molecule has 0 aliphatic carbocycles. The molecule has 2 fully saturated rings. The molecular formula is C25H35FN2O15. The predicted molar refractivity (Wildman–Crippen MR) is 136 cm³/mol. The molecule has 2 saturated heterocycles. The summed E-state index contributed by atoms with van der Waals surface area (Å²) in [5.41, 5.74) is -2.68. The summed E-state index contributed by atoms with van der Waals surface area (Å²) in [5, 5.41) is 32.4. The first-order valence-electron chi connectivity index (χ1n) is 13.2. The number of carbonyl (C=O) groups excluding carboxylic acids is 3. The maximum atomic E-state index is 13.7. The van der Waals surface area contributed by atoms with Crippen molar-refractivity contribution < 1.29 is 67.3 Å². The number of ether oxygens (including phenoxy) is 7. The minimum atomic E-state index is -1.74. The Labute approximate surface area is 243 Å². The Bertz CT molecular complexity index is 1250. The molecule has 1 aromatic heterocycles. The minimum absolute atomic E-state index is 0.125. The van der Waals surface area contributed by atoms with Gasteiger partial charge in [0.05, 0.1) is 46.3 Å². The predicted octanol–water partition coefficient (Wildman–Crippen LogP) is -2.70. The summed E-state index contributed by atoms with van der Waals surface area (Å²) in [6, 6.07) is 0. The number of hydrogen-bond donors (Lipinski definition) is 4. The Morgan fingerprint density at radius 1 is 0.907 bits per heavy atom. The molecule has 0 saturated carbocycles. The van der Waals surface area contributed by atoms with E-state index < -0.39 is 109 Å². The molecule has 242 valence electrons. The van der Waals surface area contributed by atoms with Crippen LogP contribution in [0.15, 0.2) is 15.8 Å². The molecule has 10 atom stereocenters. The minimum Gasteiger partial charge on any atom is -0.467 e. The molecule has 0 bridgehead atoms. The van der Waals surface area contributed by atoms with Gasteiger partial charge in [-0.3, -0.25) is 9.78 Å². The number of aliphatic hydroxyl groups is 3. The highest BCUT2D eigenvalue weighted by molar-refractivity contribution is 5.76. The maximum absolute atomic E-state index is 13.7. The average Bonchev–Trinajstić information content (AvgIpc) is 2.98. The van der Waals surface area contributed by atoms with Crippen LogP contribution in [-0.2, 0) is 42.7 Å². The number of carbonyl (C=O) groups is 3. The maximum Gasteiger partial charge on any atom is 0.422 e. The normalized spacial score (nSPS) is 32.6. The molecule has 18 heteroatoms. The SMILES string of the molecule is CC[C@H]1C(C(=O)OC)O[C@@H](COC[C@@H]2C(C(=O)OC)O[C@H](COC)C(OC(=O)n3cc(F)c(=O)[nH]c3=O)[C@H]2O)C(O)[C@H]1O. The van der Waals surface area contributed by atoms with Gasteiger partial charge in [-0.05, 0) is 6.42 Å². The van der Waals surface area contributed by atoms with Crippen LogP contribution in [0, 0.1) is 17.7 Å². The van der Waals surface area contributed by atoms with Crippen molar-refractivity contribution in [3.63, 3.8) is 0 Å². The summed E-state index contributed by atoms with van der Waals surface area (Å²) in [4.78, 5) is 62.5. The number of methoxy groups -OCH3 is 3. The first-order chi connectivity index (χ1) is 20.4. The van der Waals surface area contributed by atoms with E-state index in [1.54, 1.807) is 11.9 Å². The lowest BCUT2D eigenvalue weighted by Crippen LogP contribution is -2.61. The second-order valence-electron chi connectivity index (χ2n) is 9.89. The van der Waals surface area contributed by atoms with Gasteiger partial charge in [0.1, 0.15) is 24.4 Å². The van der Waals surface area contributed by atoms with Crippen LogP contribution >= 0.6 is 0 Å². The Morgan fingerprint density at radius 3 is 2.09 bits per heavy atom. The quantitative estimate of drug-likeness (QED) is 0.154. The molecule has 3 rings (SSSR count). The number of aromatic amines is 1. The van der Waals surface area contributed by atoms with E-state index in [-0.39, 0.29) is 11.2 Å². The number of nitrogens with zero attached hydrogens (tertiary/aromatic N) is 1. The third-order valence-electron chi connectivity index (χ3n) is 7.33. The average molecular weight is 623 g/mol. The molecule has 4 unspecified atom stereocenters. The molecule has 0 spiro atoms. The highest BCUT2D eigenvalue weighted by Crippen LogP contribution is 2.32. The smallest absolute Gasteiger partial charge is 0.422 e. The highest BCUT2D eigenvalue weighted by Gasteiger charge is 2.51. The van der Waals surface area contributed by atoms with E-state index in [9.17, 15) is 43.7 Å². The fourth-order valence-corrected chi connectivity index (χ4v) is 5.02. The highest BCUT2D eigenvalue weighted by atomic mass is 19.1. The lowest BCUT2D eigenvalue weighted by atomic mass is 9.84. The van der Waals surface area contributed by atoms with E-state index in [4.69, 9.17) is 33.2 Å². The topological polar surface area (TPSA) is 231 Å².